The molecule has 5 rings (SSSR count). The number of piperazine rings is 1. The van der Waals surface area contributed by atoms with Gasteiger partial charge in [0, 0.05) is 64.0 Å². The van der Waals surface area contributed by atoms with Crippen LogP contribution >= 0.6 is 0 Å². The van der Waals surface area contributed by atoms with Crippen molar-refractivity contribution in [3.8, 4) is 11.1 Å². The van der Waals surface area contributed by atoms with Crippen molar-refractivity contribution in [2.75, 3.05) is 64.2 Å². The zero-order valence-corrected chi connectivity index (χ0v) is 24.1. The lowest BCUT2D eigenvalue weighted by Gasteiger charge is -2.37. The van der Waals surface area contributed by atoms with Gasteiger partial charge in [0.2, 0.25) is 0 Å². The van der Waals surface area contributed by atoms with E-state index < -0.39 is 0 Å². The number of nitrogens with one attached hydrogen (secondary N) is 2. The first-order valence-electron chi connectivity index (χ1n) is 15.2. The Balaban J connectivity index is 0.964. The number of aliphatic hydroxyl groups excluding tert-OH is 1. The number of amides is 2. The number of aryl methyl sites for hydroxylation is 1. The number of piperidine rings is 1. The van der Waals surface area contributed by atoms with E-state index in [1.807, 2.05) is 42.5 Å². The molecule has 2 heterocycles. The van der Waals surface area contributed by atoms with Gasteiger partial charge < -0.3 is 25.5 Å². The van der Waals surface area contributed by atoms with Crippen LogP contribution in [-0.4, -0.2) is 96.9 Å². The summed E-state index contributed by atoms with van der Waals surface area (Å²) in [5.74, 6) is 0. The number of rotatable bonds is 11. The Labute approximate surface area is 245 Å². The molecule has 3 aromatic rings. The summed E-state index contributed by atoms with van der Waals surface area (Å²) in [6.07, 6.45) is 3.77. The molecule has 2 amide bonds. The van der Waals surface area contributed by atoms with E-state index in [0.29, 0.717) is 6.54 Å². The molecule has 2 saturated heterocycles. The minimum absolute atomic E-state index is 0.141. The molecule has 7 nitrogen and oxygen atoms in total. The third kappa shape index (κ3) is 9.13. The highest BCUT2D eigenvalue weighted by Gasteiger charge is 2.24. The topological polar surface area (TPSA) is 71.1 Å². The molecule has 2 fully saturated rings. The van der Waals surface area contributed by atoms with Crippen LogP contribution in [0.15, 0.2) is 84.9 Å². The number of anilines is 1. The minimum atomic E-state index is -0.345. The molecule has 7 heteroatoms. The SMILES string of the molecule is O=C(Nc1ccccc1-c1ccccc1)NC1CCN(CC(O)CN2CCN(CCCc3ccccc3)CC2)CC1. The smallest absolute Gasteiger partial charge is 0.319 e. The summed E-state index contributed by atoms with van der Waals surface area (Å²) in [5, 5.41) is 17.0. The molecule has 0 radical (unpaired) electrons. The van der Waals surface area contributed by atoms with Crippen molar-refractivity contribution < 1.29 is 9.90 Å². The molecule has 3 N–H and O–H groups in total. The van der Waals surface area contributed by atoms with Crippen molar-refractivity contribution in [3.63, 3.8) is 0 Å². The number of para-hydroxylation sites is 1. The largest absolute Gasteiger partial charge is 0.390 e. The van der Waals surface area contributed by atoms with Crippen molar-refractivity contribution >= 4 is 11.7 Å². The lowest BCUT2D eigenvalue weighted by Crippen LogP contribution is -2.51. The number of aliphatic hydroxyl groups is 1. The zero-order chi connectivity index (χ0) is 28.3. The van der Waals surface area contributed by atoms with Crippen molar-refractivity contribution in [2.24, 2.45) is 0 Å². The van der Waals surface area contributed by atoms with Gasteiger partial charge in [-0.2, -0.15) is 0 Å². The Morgan fingerprint density at radius 1 is 0.756 bits per heavy atom. The molecule has 2 aliphatic heterocycles. The van der Waals surface area contributed by atoms with E-state index >= 15 is 0 Å². The van der Waals surface area contributed by atoms with Crippen LogP contribution in [0, 0.1) is 0 Å². The van der Waals surface area contributed by atoms with Crippen LogP contribution in [0.3, 0.4) is 0 Å². The van der Waals surface area contributed by atoms with Crippen LogP contribution in [0.1, 0.15) is 24.8 Å². The van der Waals surface area contributed by atoms with Crippen molar-refractivity contribution in [3.05, 3.63) is 90.5 Å². The molecule has 0 spiro atoms. The molecule has 218 valence electrons. The Hall–Kier alpha value is -3.23. The summed E-state index contributed by atoms with van der Waals surface area (Å²) in [6.45, 7) is 8.56. The molecule has 2 aliphatic rings. The summed E-state index contributed by atoms with van der Waals surface area (Å²) < 4.78 is 0. The average molecular weight is 556 g/mol. The number of carbonyl (C=O) groups is 1. The highest BCUT2D eigenvalue weighted by molar-refractivity contribution is 5.94. The van der Waals surface area contributed by atoms with Crippen LogP contribution in [0.5, 0.6) is 0 Å². The van der Waals surface area contributed by atoms with E-state index in [-0.39, 0.29) is 18.2 Å². The van der Waals surface area contributed by atoms with Crippen LogP contribution < -0.4 is 10.6 Å². The van der Waals surface area contributed by atoms with Crippen molar-refractivity contribution in [1.29, 1.82) is 0 Å². The van der Waals surface area contributed by atoms with Gasteiger partial charge >= 0.3 is 6.03 Å². The number of β-amino-alcohol motifs (C(OH)–C–C–N with tert-alkyl or cyclic N) is 1. The second kappa shape index (κ2) is 15.1. The molecule has 1 unspecified atom stereocenters. The highest BCUT2D eigenvalue weighted by Crippen LogP contribution is 2.27. The van der Waals surface area contributed by atoms with Crippen molar-refractivity contribution in [1.82, 2.24) is 20.0 Å². The van der Waals surface area contributed by atoms with E-state index in [1.165, 1.54) is 12.0 Å². The second-order valence-electron chi connectivity index (χ2n) is 11.5. The Bertz CT molecular complexity index is 1190. The predicted molar refractivity (Wildman–Crippen MR) is 167 cm³/mol. The van der Waals surface area contributed by atoms with Gasteiger partial charge in [0.15, 0.2) is 0 Å². The van der Waals surface area contributed by atoms with E-state index in [9.17, 15) is 9.90 Å². The Morgan fingerprint density at radius 2 is 1.34 bits per heavy atom. The van der Waals surface area contributed by atoms with Gasteiger partial charge in [-0.25, -0.2) is 4.79 Å². The second-order valence-corrected chi connectivity index (χ2v) is 11.5. The van der Waals surface area contributed by atoms with Crippen molar-refractivity contribution in [2.45, 2.75) is 37.8 Å². The standard InChI is InChI=1S/C34H45N5O2/c40-31(27-39-24-22-37(23-25-39)19-9-12-28-10-3-1-4-11-28)26-38-20-17-30(18-21-38)35-34(41)36-33-16-8-7-15-32(33)29-13-5-2-6-14-29/h1-8,10-11,13-16,30-31,40H,9,12,17-27H2,(H2,35,36,41). The number of carbonyl (C=O) groups excluding carboxylic acids is 1. The number of likely N-dealkylation sites (tertiary alicyclic amines) is 1. The highest BCUT2D eigenvalue weighted by atomic mass is 16.3. The number of benzene rings is 3. The molecular formula is C34H45N5O2. The Morgan fingerprint density at radius 3 is 2.05 bits per heavy atom. The van der Waals surface area contributed by atoms with E-state index in [0.717, 1.165) is 88.4 Å². The van der Waals surface area contributed by atoms with Gasteiger partial charge in [0.25, 0.3) is 0 Å². The van der Waals surface area contributed by atoms with Gasteiger partial charge in [-0.3, -0.25) is 4.90 Å². The fourth-order valence-electron chi connectivity index (χ4n) is 6.07. The summed E-state index contributed by atoms with van der Waals surface area (Å²) >= 11 is 0. The van der Waals surface area contributed by atoms with Gasteiger partial charge in [-0.15, -0.1) is 0 Å². The maximum Gasteiger partial charge on any atom is 0.319 e. The van der Waals surface area contributed by atoms with Crippen LogP contribution in [-0.2, 0) is 6.42 Å². The summed E-state index contributed by atoms with van der Waals surface area (Å²) in [5.41, 5.74) is 4.32. The number of urea groups is 1. The molecule has 3 aromatic carbocycles. The predicted octanol–water partition coefficient (Wildman–Crippen LogP) is 4.55. The van der Waals surface area contributed by atoms with E-state index in [1.54, 1.807) is 0 Å². The number of nitrogens with zero attached hydrogens (tertiary/aromatic N) is 3. The normalized spacial score (nSPS) is 18.2. The molecule has 0 aromatic heterocycles. The van der Waals surface area contributed by atoms with Gasteiger partial charge in [-0.05, 0) is 49.4 Å². The van der Waals surface area contributed by atoms with Crippen LogP contribution in [0.4, 0.5) is 10.5 Å². The third-order valence-corrected chi connectivity index (χ3v) is 8.37. The van der Waals surface area contributed by atoms with Gasteiger partial charge in [-0.1, -0.05) is 78.9 Å². The average Bonchev–Trinajstić information content (AvgIpc) is 3.00. The first-order chi connectivity index (χ1) is 20.1. The fourth-order valence-corrected chi connectivity index (χ4v) is 6.07. The fraction of sp³-hybridized carbons (Fsp3) is 0.441. The maximum absolute atomic E-state index is 12.8. The summed E-state index contributed by atoms with van der Waals surface area (Å²) in [6, 6.07) is 28.7. The zero-order valence-electron chi connectivity index (χ0n) is 24.1. The lowest BCUT2D eigenvalue weighted by molar-refractivity contribution is 0.0441. The molecular weight excluding hydrogens is 510 g/mol. The van der Waals surface area contributed by atoms with Crippen LogP contribution in [0.25, 0.3) is 11.1 Å². The first kappa shape index (κ1) is 29.3. The maximum atomic E-state index is 12.8. The number of hydrogen-bond acceptors (Lipinski definition) is 5. The summed E-state index contributed by atoms with van der Waals surface area (Å²) in [4.78, 5) is 20.1. The van der Waals surface area contributed by atoms with E-state index in [2.05, 4.69) is 67.8 Å². The monoisotopic (exact) mass is 555 g/mol. The molecule has 0 saturated carbocycles. The molecule has 1 atom stereocenters. The van der Waals surface area contributed by atoms with E-state index in [4.69, 9.17) is 0 Å². The molecule has 0 aliphatic carbocycles. The molecule has 0 bridgehead atoms. The van der Waals surface area contributed by atoms with Gasteiger partial charge in [0.1, 0.15) is 0 Å². The summed E-state index contributed by atoms with van der Waals surface area (Å²) in [7, 11) is 0. The number of hydrogen-bond donors (Lipinski definition) is 3. The van der Waals surface area contributed by atoms with Gasteiger partial charge in [0.05, 0.1) is 11.8 Å². The first-order valence-corrected chi connectivity index (χ1v) is 15.2. The Kier molecular flexibility index (Phi) is 10.8. The lowest BCUT2D eigenvalue weighted by atomic mass is 10.0. The quantitative estimate of drug-likeness (QED) is 0.324. The minimum Gasteiger partial charge on any atom is -0.390 e. The molecule has 41 heavy (non-hydrogen) atoms. The van der Waals surface area contributed by atoms with Crippen LogP contribution in [0.2, 0.25) is 0 Å². The third-order valence-electron chi connectivity index (χ3n) is 8.37.